The smallest absolute Gasteiger partial charge is 0.239 e. The molecule has 0 radical (unpaired) electrons. The first-order valence-electron chi connectivity index (χ1n) is 7.91. The van der Waals surface area contributed by atoms with Crippen LogP contribution in [0.25, 0.3) is 0 Å². The quantitative estimate of drug-likeness (QED) is 0.872. The van der Waals surface area contributed by atoms with E-state index in [0.29, 0.717) is 36.2 Å². The lowest BCUT2D eigenvalue weighted by Gasteiger charge is -2.39. The van der Waals surface area contributed by atoms with E-state index in [9.17, 15) is 0 Å². The van der Waals surface area contributed by atoms with Gasteiger partial charge >= 0.3 is 0 Å². The van der Waals surface area contributed by atoms with Crippen LogP contribution in [0.15, 0.2) is 12.1 Å². The average Bonchev–Trinajstić information content (AvgIpc) is 2.43. The van der Waals surface area contributed by atoms with Crippen LogP contribution in [0.3, 0.4) is 0 Å². The lowest BCUT2D eigenvalue weighted by molar-refractivity contribution is 0.135. The van der Waals surface area contributed by atoms with Crippen molar-refractivity contribution in [1.82, 2.24) is 9.99 Å². The van der Waals surface area contributed by atoms with Gasteiger partial charge in [-0.2, -0.15) is 4.98 Å². The van der Waals surface area contributed by atoms with Crippen LogP contribution < -0.4 is 15.9 Å². The summed E-state index contributed by atoms with van der Waals surface area (Å²) in [6.07, 6.45) is 3.71. The van der Waals surface area contributed by atoms with E-state index >= 15 is 0 Å². The summed E-state index contributed by atoms with van der Waals surface area (Å²) in [6, 6.07) is 4.77. The molecule has 2 rings (SSSR count). The number of hydrazine groups is 1. The second-order valence-electron chi connectivity index (χ2n) is 6.44. The molecular formula is C16H28N4O. The molecule has 1 saturated heterocycles. The lowest BCUT2D eigenvalue weighted by Crippen LogP contribution is -2.47. The van der Waals surface area contributed by atoms with Crippen LogP contribution in [0.1, 0.15) is 47.0 Å². The van der Waals surface area contributed by atoms with E-state index < -0.39 is 0 Å². The number of hydrogen-bond donors (Lipinski definition) is 2. The third-order valence-corrected chi connectivity index (χ3v) is 3.88. The van der Waals surface area contributed by atoms with Crippen LogP contribution >= 0.6 is 0 Å². The monoisotopic (exact) mass is 292 g/mol. The van der Waals surface area contributed by atoms with E-state index in [2.05, 4.69) is 43.1 Å². The standard InChI is InChI=1S/C16H28N4O/c1-11(2)10-21-16-14(17)8-9-15(18-16)19-20-12(3)6-5-7-13(20)4/h8-9,11-13H,5-7,10,17H2,1-4H3,(H,18,19). The normalized spacial score (nSPS) is 23.3. The van der Waals surface area contributed by atoms with Crippen molar-refractivity contribution in [3.8, 4) is 5.88 Å². The predicted molar refractivity (Wildman–Crippen MR) is 87.2 cm³/mol. The van der Waals surface area contributed by atoms with Gasteiger partial charge in [-0.3, -0.25) is 0 Å². The number of piperidine rings is 1. The fourth-order valence-corrected chi connectivity index (χ4v) is 2.65. The molecule has 5 heteroatoms. The Labute approximate surface area is 127 Å². The maximum atomic E-state index is 5.93. The first-order valence-corrected chi connectivity index (χ1v) is 7.91. The van der Waals surface area contributed by atoms with Crippen LogP contribution in [-0.2, 0) is 0 Å². The zero-order valence-electron chi connectivity index (χ0n) is 13.6. The van der Waals surface area contributed by atoms with Crippen LogP contribution in [-0.4, -0.2) is 28.7 Å². The summed E-state index contributed by atoms with van der Waals surface area (Å²) >= 11 is 0. The Hall–Kier alpha value is -1.49. The second kappa shape index (κ2) is 6.98. The van der Waals surface area contributed by atoms with E-state index in [1.165, 1.54) is 19.3 Å². The van der Waals surface area contributed by atoms with E-state index in [-0.39, 0.29) is 0 Å². The first kappa shape index (κ1) is 15.9. The summed E-state index contributed by atoms with van der Waals surface area (Å²) in [7, 11) is 0. The molecule has 1 aromatic rings. The van der Waals surface area contributed by atoms with Gasteiger partial charge in [-0.05, 0) is 44.7 Å². The molecule has 2 heterocycles. The maximum Gasteiger partial charge on any atom is 0.239 e. The molecule has 3 N–H and O–H groups in total. The van der Waals surface area contributed by atoms with Crippen LogP contribution in [0.5, 0.6) is 5.88 Å². The van der Waals surface area contributed by atoms with Crippen molar-refractivity contribution < 1.29 is 4.74 Å². The summed E-state index contributed by atoms with van der Waals surface area (Å²) in [5, 5.41) is 2.29. The molecule has 2 unspecified atom stereocenters. The minimum absolute atomic E-state index is 0.449. The first-order chi connectivity index (χ1) is 9.97. The molecule has 0 aromatic carbocycles. The van der Waals surface area contributed by atoms with Gasteiger partial charge in [0.15, 0.2) is 0 Å². The highest BCUT2D eigenvalue weighted by Crippen LogP contribution is 2.25. The van der Waals surface area contributed by atoms with Crippen LogP contribution in [0.4, 0.5) is 11.5 Å². The van der Waals surface area contributed by atoms with Gasteiger partial charge in [-0.15, -0.1) is 0 Å². The van der Waals surface area contributed by atoms with Gasteiger partial charge in [0.2, 0.25) is 5.88 Å². The number of nitrogen functional groups attached to an aromatic ring is 1. The molecule has 1 aliphatic rings. The Bertz CT molecular complexity index is 454. The van der Waals surface area contributed by atoms with Crippen LogP contribution in [0, 0.1) is 5.92 Å². The van der Waals surface area contributed by atoms with Crippen molar-refractivity contribution in [3.63, 3.8) is 0 Å². The highest BCUT2D eigenvalue weighted by atomic mass is 16.5. The number of anilines is 2. The number of pyridine rings is 1. The number of nitrogens with one attached hydrogen (secondary N) is 1. The number of aromatic nitrogens is 1. The third kappa shape index (κ3) is 4.24. The second-order valence-corrected chi connectivity index (χ2v) is 6.44. The summed E-state index contributed by atoms with van der Waals surface area (Å²) in [6.45, 7) is 9.33. The van der Waals surface area contributed by atoms with Crippen molar-refractivity contribution in [2.75, 3.05) is 17.8 Å². The molecule has 1 aliphatic heterocycles. The molecule has 1 fully saturated rings. The van der Waals surface area contributed by atoms with Crippen molar-refractivity contribution in [3.05, 3.63) is 12.1 Å². The van der Waals surface area contributed by atoms with Crippen molar-refractivity contribution in [2.45, 2.75) is 59.0 Å². The molecule has 21 heavy (non-hydrogen) atoms. The summed E-state index contributed by atoms with van der Waals surface area (Å²) in [5.41, 5.74) is 9.94. The van der Waals surface area contributed by atoms with E-state index in [1.807, 2.05) is 12.1 Å². The Morgan fingerprint density at radius 2 is 2.00 bits per heavy atom. The minimum Gasteiger partial charge on any atom is -0.476 e. The van der Waals surface area contributed by atoms with E-state index in [4.69, 9.17) is 10.5 Å². The molecule has 118 valence electrons. The largest absolute Gasteiger partial charge is 0.476 e. The molecule has 0 amide bonds. The highest BCUT2D eigenvalue weighted by molar-refractivity contribution is 5.53. The van der Waals surface area contributed by atoms with Gasteiger partial charge in [-0.25, -0.2) is 5.01 Å². The van der Waals surface area contributed by atoms with Gasteiger partial charge in [-0.1, -0.05) is 20.3 Å². The Kier molecular flexibility index (Phi) is 5.28. The van der Waals surface area contributed by atoms with Crippen LogP contribution in [0.2, 0.25) is 0 Å². The molecule has 0 aliphatic carbocycles. The Morgan fingerprint density at radius 3 is 2.62 bits per heavy atom. The molecule has 5 nitrogen and oxygen atoms in total. The van der Waals surface area contributed by atoms with Crippen molar-refractivity contribution >= 4 is 11.5 Å². The van der Waals surface area contributed by atoms with E-state index in [0.717, 1.165) is 5.82 Å². The number of ether oxygens (including phenoxy) is 1. The minimum atomic E-state index is 0.449. The summed E-state index contributed by atoms with van der Waals surface area (Å²) in [5.74, 6) is 1.76. The van der Waals surface area contributed by atoms with E-state index in [1.54, 1.807) is 0 Å². The fourth-order valence-electron chi connectivity index (χ4n) is 2.65. The molecular weight excluding hydrogens is 264 g/mol. The summed E-state index contributed by atoms with van der Waals surface area (Å²) in [4.78, 5) is 4.51. The molecule has 0 bridgehead atoms. The maximum absolute atomic E-state index is 5.93. The number of nitrogens with two attached hydrogens (primary N) is 1. The predicted octanol–water partition coefficient (Wildman–Crippen LogP) is 3.29. The van der Waals surface area contributed by atoms with Gasteiger partial charge in [0.1, 0.15) is 5.82 Å². The van der Waals surface area contributed by atoms with Gasteiger partial charge < -0.3 is 15.9 Å². The molecule has 1 aromatic heterocycles. The zero-order chi connectivity index (χ0) is 15.4. The van der Waals surface area contributed by atoms with Crippen molar-refractivity contribution in [2.24, 2.45) is 5.92 Å². The topological polar surface area (TPSA) is 63.4 Å². The number of hydrogen-bond acceptors (Lipinski definition) is 5. The zero-order valence-corrected chi connectivity index (χ0v) is 13.6. The Balaban J connectivity index is 2.07. The van der Waals surface area contributed by atoms with Gasteiger partial charge in [0.25, 0.3) is 0 Å². The van der Waals surface area contributed by atoms with Gasteiger partial charge in [0.05, 0.1) is 12.3 Å². The molecule has 0 saturated carbocycles. The summed E-state index contributed by atoms with van der Waals surface area (Å²) < 4.78 is 5.69. The molecule has 0 spiro atoms. The number of nitrogens with zero attached hydrogens (tertiary/aromatic N) is 2. The Morgan fingerprint density at radius 1 is 1.33 bits per heavy atom. The SMILES string of the molecule is CC(C)COc1nc(NN2C(C)CCCC2C)ccc1N. The third-order valence-electron chi connectivity index (χ3n) is 3.88. The molecule has 2 atom stereocenters. The van der Waals surface area contributed by atoms with Crippen molar-refractivity contribution in [1.29, 1.82) is 0 Å². The number of rotatable bonds is 5. The lowest BCUT2D eigenvalue weighted by atomic mass is 10.00. The average molecular weight is 292 g/mol. The highest BCUT2D eigenvalue weighted by Gasteiger charge is 2.25. The van der Waals surface area contributed by atoms with Gasteiger partial charge in [0, 0.05) is 12.1 Å². The fraction of sp³-hybridized carbons (Fsp3) is 0.688.